The lowest BCUT2D eigenvalue weighted by Gasteiger charge is -2.14. The average molecular weight is 486 g/mol. The summed E-state index contributed by atoms with van der Waals surface area (Å²) in [6.07, 6.45) is 1.47. The molecule has 0 aliphatic carbocycles. The summed E-state index contributed by atoms with van der Waals surface area (Å²) in [4.78, 5) is 22.3. The van der Waals surface area contributed by atoms with Gasteiger partial charge in [-0.25, -0.2) is 9.82 Å². The number of halogens is 2. The number of hydrogen-bond acceptors (Lipinski definition) is 6. The molecule has 0 atom stereocenters. The Hall–Kier alpha value is -3.98. The van der Waals surface area contributed by atoms with Crippen molar-refractivity contribution in [2.75, 3.05) is 6.61 Å². The number of amides is 1. The molecule has 0 spiro atoms. The van der Waals surface area contributed by atoms with E-state index in [-0.39, 0.29) is 35.5 Å². The van der Waals surface area contributed by atoms with E-state index in [1.54, 1.807) is 24.3 Å². The summed E-state index contributed by atoms with van der Waals surface area (Å²) in [5, 5.41) is 15.0. The topological polar surface area (TPSA) is 103 Å². The van der Waals surface area contributed by atoms with E-state index in [2.05, 4.69) is 10.5 Å². The number of nitrogens with one attached hydrogen (secondary N) is 1. The van der Waals surface area contributed by atoms with Gasteiger partial charge >= 0.3 is 0 Å². The van der Waals surface area contributed by atoms with Crippen molar-refractivity contribution in [1.29, 1.82) is 0 Å². The summed E-state index contributed by atoms with van der Waals surface area (Å²) in [7, 11) is 0. The normalized spacial score (nSPS) is 10.8. The van der Waals surface area contributed by atoms with E-state index in [1.807, 2.05) is 6.92 Å². The molecule has 3 rings (SSSR count). The summed E-state index contributed by atoms with van der Waals surface area (Å²) < 4.78 is 24.4. The molecule has 1 amide bonds. The summed E-state index contributed by atoms with van der Waals surface area (Å²) >= 11 is 6.39. The number of non-ortho nitro benzene ring substituents is 1. The number of ether oxygens (including phenoxy) is 2. The first-order valence-corrected chi connectivity index (χ1v) is 10.6. The Kier molecular flexibility index (Phi) is 8.53. The van der Waals surface area contributed by atoms with Crippen LogP contribution in [0.25, 0.3) is 0 Å². The van der Waals surface area contributed by atoms with Gasteiger partial charge < -0.3 is 9.47 Å². The van der Waals surface area contributed by atoms with Crippen molar-refractivity contribution >= 4 is 29.4 Å². The number of rotatable bonds is 10. The van der Waals surface area contributed by atoms with E-state index in [1.165, 1.54) is 42.6 Å². The van der Waals surface area contributed by atoms with Gasteiger partial charge in [0.2, 0.25) is 5.91 Å². The van der Waals surface area contributed by atoms with E-state index < -0.39 is 4.92 Å². The van der Waals surface area contributed by atoms with Gasteiger partial charge in [-0.15, -0.1) is 0 Å². The van der Waals surface area contributed by atoms with E-state index in [0.29, 0.717) is 29.2 Å². The first-order valence-electron chi connectivity index (χ1n) is 10.2. The number of carbonyl (C=O) groups is 1. The second kappa shape index (κ2) is 11.8. The summed E-state index contributed by atoms with van der Waals surface area (Å²) in [5.74, 6) is -0.0262. The summed E-state index contributed by atoms with van der Waals surface area (Å²) in [5.41, 5.74) is 4.35. The van der Waals surface area contributed by atoms with Crippen LogP contribution in [0.4, 0.5) is 10.1 Å². The van der Waals surface area contributed by atoms with E-state index >= 15 is 0 Å². The van der Waals surface area contributed by atoms with Gasteiger partial charge in [0.05, 0.1) is 29.2 Å². The third kappa shape index (κ3) is 7.01. The van der Waals surface area contributed by atoms with Crippen molar-refractivity contribution < 1.29 is 23.6 Å². The number of hydrogen-bond donors (Lipinski definition) is 1. The van der Waals surface area contributed by atoms with Crippen LogP contribution in [-0.2, 0) is 17.8 Å². The van der Waals surface area contributed by atoms with E-state index in [0.717, 1.165) is 5.56 Å². The molecule has 3 aromatic carbocycles. The summed E-state index contributed by atoms with van der Waals surface area (Å²) in [6.45, 7) is 2.30. The molecule has 0 fully saturated rings. The zero-order valence-corrected chi connectivity index (χ0v) is 18.9. The Morgan fingerprint density at radius 2 is 1.79 bits per heavy atom. The predicted octanol–water partition coefficient (Wildman–Crippen LogP) is 5.06. The fraction of sp³-hybridized carbons (Fsp3) is 0.167. The lowest BCUT2D eigenvalue weighted by Crippen LogP contribution is -2.19. The SMILES string of the molecule is CCOc1cc(/C=N/NC(=O)Cc2ccc(F)cc2)cc(Cl)c1OCc1ccc([N+](=O)[O-])cc1. The molecule has 0 bridgehead atoms. The monoisotopic (exact) mass is 485 g/mol. The molecule has 3 aromatic rings. The molecule has 0 unspecified atom stereocenters. The van der Waals surface area contributed by atoms with Gasteiger partial charge in [-0.1, -0.05) is 23.7 Å². The standard InChI is InChI=1S/C24H21ClFN3O5/c1-2-33-22-12-18(14-27-28-23(30)13-16-3-7-19(26)8-4-16)11-21(25)24(22)34-15-17-5-9-20(10-6-17)29(31)32/h3-12,14H,2,13,15H2,1H3,(H,28,30)/b27-14+. The highest BCUT2D eigenvalue weighted by Crippen LogP contribution is 2.37. The van der Waals surface area contributed by atoms with Crippen LogP contribution in [0.5, 0.6) is 11.5 Å². The fourth-order valence-corrected chi connectivity index (χ4v) is 3.21. The molecule has 176 valence electrons. The fourth-order valence-electron chi connectivity index (χ4n) is 2.94. The number of nitro groups is 1. The molecule has 0 aliphatic rings. The molecule has 0 aromatic heterocycles. The smallest absolute Gasteiger partial charge is 0.269 e. The van der Waals surface area contributed by atoms with Crippen molar-refractivity contribution in [2.45, 2.75) is 20.0 Å². The van der Waals surface area contributed by atoms with Gasteiger partial charge in [0.25, 0.3) is 5.69 Å². The van der Waals surface area contributed by atoms with Gasteiger partial charge in [0.1, 0.15) is 12.4 Å². The third-order valence-corrected chi connectivity index (χ3v) is 4.82. The van der Waals surface area contributed by atoms with Gasteiger partial charge in [0.15, 0.2) is 11.5 Å². The average Bonchev–Trinajstić information content (AvgIpc) is 2.80. The Labute approximate surface area is 200 Å². The molecule has 34 heavy (non-hydrogen) atoms. The van der Waals surface area contributed by atoms with Crippen LogP contribution in [0.1, 0.15) is 23.6 Å². The molecule has 0 saturated carbocycles. The number of carbonyl (C=O) groups excluding carboxylic acids is 1. The molecule has 0 radical (unpaired) electrons. The summed E-state index contributed by atoms with van der Waals surface area (Å²) in [6, 6.07) is 14.9. The van der Waals surface area contributed by atoms with Crippen LogP contribution in [0.2, 0.25) is 5.02 Å². The maximum absolute atomic E-state index is 13.0. The van der Waals surface area contributed by atoms with Crippen LogP contribution >= 0.6 is 11.6 Å². The van der Waals surface area contributed by atoms with Crippen LogP contribution in [-0.4, -0.2) is 23.7 Å². The zero-order chi connectivity index (χ0) is 24.5. The van der Waals surface area contributed by atoms with Crippen molar-refractivity contribution in [3.63, 3.8) is 0 Å². The van der Waals surface area contributed by atoms with Crippen molar-refractivity contribution in [3.8, 4) is 11.5 Å². The molecule has 0 aliphatic heterocycles. The molecule has 10 heteroatoms. The van der Waals surface area contributed by atoms with Crippen LogP contribution < -0.4 is 14.9 Å². The lowest BCUT2D eigenvalue weighted by molar-refractivity contribution is -0.384. The number of nitro benzene ring substituents is 1. The molecule has 0 saturated heterocycles. The molecule has 1 N–H and O–H groups in total. The number of benzene rings is 3. The highest BCUT2D eigenvalue weighted by Gasteiger charge is 2.13. The Morgan fingerprint density at radius 3 is 2.44 bits per heavy atom. The Morgan fingerprint density at radius 1 is 1.12 bits per heavy atom. The lowest BCUT2D eigenvalue weighted by atomic mass is 10.1. The van der Waals surface area contributed by atoms with E-state index in [9.17, 15) is 19.3 Å². The van der Waals surface area contributed by atoms with Crippen LogP contribution in [0.15, 0.2) is 65.8 Å². The van der Waals surface area contributed by atoms with Crippen molar-refractivity contribution in [2.24, 2.45) is 5.10 Å². The number of nitrogens with zero attached hydrogens (tertiary/aromatic N) is 2. The number of hydrazone groups is 1. The maximum Gasteiger partial charge on any atom is 0.269 e. The van der Waals surface area contributed by atoms with Crippen molar-refractivity contribution in [3.05, 3.63) is 98.3 Å². The molecule has 8 nitrogen and oxygen atoms in total. The molecular formula is C24H21ClFN3O5. The minimum absolute atomic E-state index is 0.00909. The van der Waals surface area contributed by atoms with Gasteiger partial charge in [-0.2, -0.15) is 5.10 Å². The molecule has 0 heterocycles. The minimum Gasteiger partial charge on any atom is -0.490 e. The predicted molar refractivity (Wildman–Crippen MR) is 126 cm³/mol. The van der Waals surface area contributed by atoms with Crippen LogP contribution in [0.3, 0.4) is 0 Å². The highest BCUT2D eigenvalue weighted by molar-refractivity contribution is 6.32. The molecular weight excluding hydrogens is 465 g/mol. The van der Waals surface area contributed by atoms with Gasteiger partial charge in [-0.3, -0.25) is 14.9 Å². The highest BCUT2D eigenvalue weighted by atomic mass is 35.5. The van der Waals surface area contributed by atoms with Crippen molar-refractivity contribution in [1.82, 2.24) is 5.43 Å². The first kappa shape index (κ1) is 24.7. The van der Waals surface area contributed by atoms with Crippen LogP contribution in [0, 0.1) is 15.9 Å². The zero-order valence-electron chi connectivity index (χ0n) is 18.2. The second-order valence-electron chi connectivity index (χ2n) is 7.07. The Balaban J connectivity index is 1.65. The van der Waals surface area contributed by atoms with Gasteiger partial charge in [-0.05, 0) is 60.0 Å². The maximum atomic E-state index is 13.0. The minimum atomic E-state index is -0.472. The largest absolute Gasteiger partial charge is 0.490 e. The first-order chi connectivity index (χ1) is 16.4. The van der Waals surface area contributed by atoms with E-state index in [4.69, 9.17) is 21.1 Å². The third-order valence-electron chi connectivity index (χ3n) is 4.54. The van der Waals surface area contributed by atoms with Gasteiger partial charge in [0, 0.05) is 12.1 Å². The second-order valence-corrected chi connectivity index (χ2v) is 7.48. The quantitative estimate of drug-likeness (QED) is 0.246. The Bertz CT molecular complexity index is 1180.